The highest BCUT2D eigenvalue weighted by atomic mass is 32.1. The number of hydrogen-bond acceptors (Lipinski definition) is 5. The molecule has 0 bridgehead atoms. The molecular formula is C17H17N3O3S. The SMILES string of the molecule is COc1ccc(C(=O)Nc2cc(-c3cccs3)nn2CCO)cc1. The molecule has 0 unspecified atom stereocenters. The van der Waals surface area contributed by atoms with Crippen molar-refractivity contribution in [2.75, 3.05) is 19.0 Å². The number of nitrogens with one attached hydrogen (secondary N) is 1. The third kappa shape index (κ3) is 3.47. The van der Waals surface area contributed by atoms with Crippen LogP contribution in [-0.4, -0.2) is 34.5 Å². The van der Waals surface area contributed by atoms with E-state index in [2.05, 4.69) is 10.4 Å². The molecule has 0 radical (unpaired) electrons. The third-order valence-corrected chi connectivity index (χ3v) is 4.35. The van der Waals surface area contributed by atoms with E-state index in [-0.39, 0.29) is 12.5 Å². The molecule has 0 aliphatic carbocycles. The summed E-state index contributed by atoms with van der Waals surface area (Å²) in [6.45, 7) is 0.251. The monoisotopic (exact) mass is 343 g/mol. The zero-order valence-corrected chi connectivity index (χ0v) is 13.9. The molecule has 124 valence electrons. The van der Waals surface area contributed by atoms with Gasteiger partial charge in [0.1, 0.15) is 17.3 Å². The minimum atomic E-state index is -0.241. The number of methoxy groups -OCH3 is 1. The summed E-state index contributed by atoms with van der Waals surface area (Å²) in [5, 5.41) is 18.5. The quantitative estimate of drug-likeness (QED) is 0.721. The summed E-state index contributed by atoms with van der Waals surface area (Å²) in [5.74, 6) is 1.000. The Morgan fingerprint density at radius 1 is 1.33 bits per heavy atom. The smallest absolute Gasteiger partial charge is 0.256 e. The number of nitrogens with zero attached hydrogens (tertiary/aromatic N) is 2. The summed E-state index contributed by atoms with van der Waals surface area (Å²) in [5.41, 5.74) is 1.29. The van der Waals surface area contributed by atoms with E-state index in [0.29, 0.717) is 23.7 Å². The van der Waals surface area contributed by atoms with Crippen LogP contribution in [0.5, 0.6) is 5.75 Å². The number of hydrogen-bond donors (Lipinski definition) is 2. The number of thiophene rings is 1. The molecule has 7 heteroatoms. The molecule has 0 fully saturated rings. The van der Waals surface area contributed by atoms with Gasteiger partial charge in [-0.05, 0) is 35.7 Å². The van der Waals surface area contributed by atoms with Crippen molar-refractivity contribution in [2.24, 2.45) is 0 Å². The van der Waals surface area contributed by atoms with Crippen molar-refractivity contribution in [2.45, 2.75) is 6.54 Å². The molecule has 1 amide bonds. The van der Waals surface area contributed by atoms with Crippen LogP contribution in [0.2, 0.25) is 0 Å². The first kappa shape index (κ1) is 16.2. The van der Waals surface area contributed by atoms with Crippen LogP contribution in [0.4, 0.5) is 5.82 Å². The molecule has 0 saturated heterocycles. The molecule has 0 spiro atoms. The first-order chi connectivity index (χ1) is 11.7. The molecule has 0 saturated carbocycles. The van der Waals surface area contributed by atoms with E-state index in [9.17, 15) is 9.90 Å². The molecule has 24 heavy (non-hydrogen) atoms. The summed E-state index contributed by atoms with van der Waals surface area (Å²) >= 11 is 1.57. The minimum Gasteiger partial charge on any atom is -0.497 e. The van der Waals surface area contributed by atoms with Gasteiger partial charge in [0.2, 0.25) is 0 Å². The average Bonchev–Trinajstić information content (AvgIpc) is 3.26. The Morgan fingerprint density at radius 3 is 2.75 bits per heavy atom. The van der Waals surface area contributed by atoms with E-state index < -0.39 is 0 Å². The van der Waals surface area contributed by atoms with Crippen LogP contribution in [-0.2, 0) is 6.54 Å². The van der Waals surface area contributed by atoms with Crippen LogP contribution in [0.15, 0.2) is 47.8 Å². The predicted molar refractivity (Wildman–Crippen MR) is 93.6 cm³/mol. The highest BCUT2D eigenvalue weighted by Crippen LogP contribution is 2.26. The summed E-state index contributed by atoms with van der Waals surface area (Å²) in [4.78, 5) is 13.4. The Kier molecular flexibility index (Phi) is 4.93. The molecule has 0 aliphatic rings. The van der Waals surface area contributed by atoms with Crippen LogP contribution < -0.4 is 10.1 Å². The number of carbonyl (C=O) groups excluding carboxylic acids is 1. The standard InChI is InChI=1S/C17H17N3O3S/c1-23-13-6-4-12(5-7-13)17(22)18-16-11-14(15-3-2-10-24-15)19-20(16)8-9-21/h2-7,10-11,21H,8-9H2,1H3,(H,18,22). The second-order valence-corrected chi connectivity index (χ2v) is 5.97. The molecule has 3 aromatic rings. The van der Waals surface area contributed by atoms with Gasteiger partial charge in [-0.15, -0.1) is 11.3 Å². The van der Waals surface area contributed by atoms with Gasteiger partial charge >= 0.3 is 0 Å². The van der Waals surface area contributed by atoms with Crippen molar-refractivity contribution >= 4 is 23.1 Å². The van der Waals surface area contributed by atoms with Crippen molar-refractivity contribution < 1.29 is 14.6 Å². The van der Waals surface area contributed by atoms with Gasteiger partial charge < -0.3 is 15.2 Å². The second kappa shape index (κ2) is 7.29. The highest BCUT2D eigenvalue weighted by molar-refractivity contribution is 7.13. The summed E-state index contributed by atoms with van der Waals surface area (Å²) in [6.07, 6.45) is 0. The van der Waals surface area contributed by atoms with E-state index in [1.54, 1.807) is 47.4 Å². The molecule has 2 N–H and O–H groups in total. The lowest BCUT2D eigenvalue weighted by Crippen LogP contribution is -2.16. The maximum atomic E-state index is 12.4. The molecule has 3 rings (SSSR count). The maximum absolute atomic E-state index is 12.4. The average molecular weight is 343 g/mol. The Balaban J connectivity index is 1.83. The second-order valence-electron chi connectivity index (χ2n) is 5.02. The lowest BCUT2D eigenvalue weighted by Gasteiger charge is -2.08. The Bertz CT molecular complexity index is 810. The lowest BCUT2D eigenvalue weighted by molar-refractivity contribution is 0.102. The zero-order valence-electron chi connectivity index (χ0n) is 13.1. The van der Waals surface area contributed by atoms with E-state index >= 15 is 0 Å². The van der Waals surface area contributed by atoms with Gasteiger partial charge in [0, 0.05) is 11.6 Å². The van der Waals surface area contributed by atoms with E-state index in [1.165, 1.54) is 0 Å². The number of aromatic nitrogens is 2. The molecule has 2 heterocycles. The van der Waals surface area contributed by atoms with E-state index in [4.69, 9.17) is 4.74 Å². The topological polar surface area (TPSA) is 76.4 Å². The molecule has 2 aromatic heterocycles. The summed E-state index contributed by atoms with van der Waals surface area (Å²) < 4.78 is 6.68. The fourth-order valence-corrected chi connectivity index (χ4v) is 2.94. The van der Waals surface area contributed by atoms with Crippen LogP contribution in [0, 0.1) is 0 Å². The van der Waals surface area contributed by atoms with Crippen molar-refractivity contribution in [1.29, 1.82) is 0 Å². The minimum absolute atomic E-state index is 0.0586. The highest BCUT2D eigenvalue weighted by Gasteiger charge is 2.14. The number of anilines is 1. The molecular weight excluding hydrogens is 326 g/mol. The number of ether oxygens (including phenoxy) is 1. The van der Waals surface area contributed by atoms with Crippen molar-refractivity contribution in [3.05, 3.63) is 53.4 Å². The van der Waals surface area contributed by atoms with Gasteiger partial charge in [-0.2, -0.15) is 5.10 Å². The molecule has 0 aliphatic heterocycles. The molecule has 0 atom stereocenters. The number of benzene rings is 1. The fraction of sp³-hybridized carbons (Fsp3) is 0.176. The predicted octanol–water partition coefficient (Wildman–Crippen LogP) is 2.86. The van der Waals surface area contributed by atoms with Crippen molar-refractivity contribution in [3.8, 4) is 16.3 Å². The Labute approximate surface area is 143 Å². The van der Waals surface area contributed by atoms with Gasteiger partial charge in [-0.1, -0.05) is 6.07 Å². The third-order valence-electron chi connectivity index (χ3n) is 3.46. The normalized spacial score (nSPS) is 10.6. The maximum Gasteiger partial charge on any atom is 0.256 e. The molecule has 6 nitrogen and oxygen atoms in total. The molecule has 1 aromatic carbocycles. The number of rotatable bonds is 6. The van der Waals surface area contributed by atoms with Gasteiger partial charge in [0.15, 0.2) is 0 Å². The van der Waals surface area contributed by atoms with Gasteiger partial charge in [0.25, 0.3) is 5.91 Å². The van der Waals surface area contributed by atoms with Crippen LogP contribution in [0.3, 0.4) is 0 Å². The first-order valence-corrected chi connectivity index (χ1v) is 8.27. The van der Waals surface area contributed by atoms with Crippen LogP contribution in [0.25, 0.3) is 10.6 Å². The van der Waals surface area contributed by atoms with Crippen molar-refractivity contribution in [3.63, 3.8) is 0 Å². The van der Waals surface area contributed by atoms with E-state index in [0.717, 1.165) is 10.6 Å². The Hall–Kier alpha value is -2.64. The van der Waals surface area contributed by atoms with Crippen molar-refractivity contribution in [1.82, 2.24) is 9.78 Å². The number of carbonyl (C=O) groups is 1. The lowest BCUT2D eigenvalue weighted by atomic mass is 10.2. The van der Waals surface area contributed by atoms with Crippen LogP contribution in [0.1, 0.15) is 10.4 Å². The summed E-state index contributed by atoms with van der Waals surface area (Å²) in [6, 6.07) is 12.6. The number of amides is 1. The van der Waals surface area contributed by atoms with Gasteiger partial charge in [0.05, 0.1) is 25.1 Å². The van der Waals surface area contributed by atoms with Crippen LogP contribution >= 0.6 is 11.3 Å². The Morgan fingerprint density at radius 2 is 2.12 bits per heavy atom. The summed E-state index contributed by atoms with van der Waals surface area (Å²) in [7, 11) is 1.58. The number of aliphatic hydroxyl groups is 1. The zero-order chi connectivity index (χ0) is 16.9. The fourth-order valence-electron chi connectivity index (χ4n) is 2.26. The number of aliphatic hydroxyl groups excluding tert-OH is 1. The van der Waals surface area contributed by atoms with Gasteiger partial charge in [-0.3, -0.25) is 4.79 Å². The largest absolute Gasteiger partial charge is 0.497 e. The first-order valence-electron chi connectivity index (χ1n) is 7.39. The van der Waals surface area contributed by atoms with E-state index in [1.807, 2.05) is 23.6 Å². The van der Waals surface area contributed by atoms with Gasteiger partial charge in [-0.25, -0.2) is 4.68 Å².